The molecule has 3 aromatic rings. The van der Waals surface area contributed by atoms with Crippen LogP contribution in [0, 0.1) is 17.0 Å². The molecular formula is C18H15BrN2O3S. The van der Waals surface area contributed by atoms with Gasteiger partial charge < -0.3 is 4.52 Å². The predicted octanol–water partition coefficient (Wildman–Crippen LogP) is 5.73. The van der Waals surface area contributed by atoms with Crippen molar-refractivity contribution in [3.8, 4) is 0 Å². The summed E-state index contributed by atoms with van der Waals surface area (Å²) in [5, 5.41) is 15.1. The van der Waals surface area contributed by atoms with Gasteiger partial charge in [-0.25, -0.2) is 0 Å². The van der Waals surface area contributed by atoms with Crippen LogP contribution in [-0.4, -0.2) is 10.1 Å². The molecule has 0 spiro atoms. The summed E-state index contributed by atoms with van der Waals surface area (Å²) in [5.74, 6) is 0.298. The number of nitro groups is 1. The van der Waals surface area contributed by atoms with Crippen LogP contribution in [0.15, 0.2) is 68.5 Å². The SMILES string of the molecule is Cc1noc(C[C@H](Sc2ccccc2)c2ccccc2Br)c1[N+](=O)[O-]. The molecule has 0 aliphatic carbocycles. The first-order valence-electron chi connectivity index (χ1n) is 7.62. The molecule has 0 unspecified atom stereocenters. The maximum atomic E-state index is 11.3. The lowest BCUT2D eigenvalue weighted by Gasteiger charge is -2.17. The van der Waals surface area contributed by atoms with Crippen molar-refractivity contribution in [2.75, 3.05) is 0 Å². The topological polar surface area (TPSA) is 69.2 Å². The number of hydrogen-bond acceptors (Lipinski definition) is 5. The van der Waals surface area contributed by atoms with Crippen molar-refractivity contribution in [1.29, 1.82) is 0 Å². The summed E-state index contributed by atoms with van der Waals surface area (Å²) in [5.41, 5.74) is 1.32. The van der Waals surface area contributed by atoms with Gasteiger partial charge in [-0.2, -0.15) is 0 Å². The number of hydrogen-bond donors (Lipinski definition) is 0. The van der Waals surface area contributed by atoms with E-state index in [1.807, 2.05) is 54.6 Å². The number of aryl methyl sites for hydroxylation is 1. The fourth-order valence-corrected chi connectivity index (χ4v) is 4.49. The van der Waals surface area contributed by atoms with Crippen molar-refractivity contribution >= 4 is 33.4 Å². The zero-order valence-corrected chi connectivity index (χ0v) is 15.8. The fourth-order valence-electron chi connectivity index (χ4n) is 2.56. The second kappa shape index (κ2) is 7.84. The van der Waals surface area contributed by atoms with E-state index in [1.54, 1.807) is 18.7 Å². The van der Waals surface area contributed by atoms with Gasteiger partial charge in [0.1, 0.15) is 0 Å². The summed E-state index contributed by atoms with van der Waals surface area (Å²) in [6.45, 7) is 1.59. The van der Waals surface area contributed by atoms with Gasteiger partial charge in [0.25, 0.3) is 0 Å². The van der Waals surface area contributed by atoms with Crippen LogP contribution in [0.25, 0.3) is 0 Å². The summed E-state index contributed by atoms with van der Waals surface area (Å²) < 4.78 is 6.23. The molecule has 0 aliphatic rings. The van der Waals surface area contributed by atoms with Gasteiger partial charge in [0.05, 0.1) is 4.92 Å². The molecule has 1 atom stereocenters. The average Bonchev–Trinajstić information content (AvgIpc) is 2.96. The van der Waals surface area contributed by atoms with E-state index in [4.69, 9.17) is 4.52 Å². The molecule has 3 rings (SSSR count). The third-order valence-electron chi connectivity index (χ3n) is 3.73. The van der Waals surface area contributed by atoms with E-state index in [-0.39, 0.29) is 10.9 Å². The summed E-state index contributed by atoms with van der Waals surface area (Å²) in [7, 11) is 0. The standard InChI is InChI=1S/C18H15BrN2O3S/c1-12-18(21(22)23)16(24-20-12)11-17(14-9-5-6-10-15(14)19)25-13-7-3-2-4-8-13/h2-10,17H,11H2,1H3/t17-/m0/s1. The Kier molecular flexibility index (Phi) is 5.55. The molecule has 2 aromatic carbocycles. The number of halogens is 1. The lowest BCUT2D eigenvalue weighted by Crippen LogP contribution is -2.02. The van der Waals surface area contributed by atoms with Crippen molar-refractivity contribution in [3.63, 3.8) is 0 Å². The molecule has 0 saturated heterocycles. The monoisotopic (exact) mass is 418 g/mol. The van der Waals surface area contributed by atoms with Crippen molar-refractivity contribution in [3.05, 3.63) is 86.2 Å². The molecule has 0 N–H and O–H groups in total. The first-order chi connectivity index (χ1) is 12.1. The highest BCUT2D eigenvalue weighted by Crippen LogP contribution is 2.42. The molecule has 0 fully saturated rings. The fraction of sp³-hybridized carbons (Fsp3) is 0.167. The minimum absolute atomic E-state index is 0.0364. The third-order valence-corrected chi connectivity index (χ3v) is 5.70. The Morgan fingerprint density at radius 3 is 2.56 bits per heavy atom. The van der Waals surface area contributed by atoms with Crippen LogP contribution in [0.2, 0.25) is 0 Å². The third kappa shape index (κ3) is 4.11. The highest BCUT2D eigenvalue weighted by Gasteiger charge is 2.28. The Morgan fingerprint density at radius 2 is 1.88 bits per heavy atom. The number of nitrogens with zero attached hydrogens (tertiary/aromatic N) is 2. The van der Waals surface area contributed by atoms with E-state index in [9.17, 15) is 10.1 Å². The minimum Gasteiger partial charge on any atom is -0.354 e. The quantitative estimate of drug-likeness (QED) is 0.290. The Hall–Kier alpha value is -2.12. The molecule has 0 amide bonds. The van der Waals surface area contributed by atoms with Crippen LogP contribution >= 0.6 is 27.7 Å². The number of thioether (sulfide) groups is 1. The molecule has 25 heavy (non-hydrogen) atoms. The predicted molar refractivity (Wildman–Crippen MR) is 101 cm³/mol. The van der Waals surface area contributed by atoms with Gasteiger partial charge in [0.2, 0.25) is 5.76 Å². The van der Waals surface area contributed by atoms with Gasteiger partial charge in [-0.3, -0.25) is 10.1 Å². The maximum absolute atomic E-state index is 11.3. The first kappa shape index (κ1) is 17.7. The van der Waals surface area contributed by atoms with Crippen molar-refractivity contribution in [1.82, 2.24) is 5.16 Å². The Labute approximate surface area is 157 Å². The van der Waals surface area contributed by atoms with E-state index in [2.05, 4.69) is 21.1 Å². The smallest absolute Gasteiger partial charge is 0.334 e. The zero-order valence-electron chi connectivity index (χ0n) is 13.4. The molecule has 0 radical (unpaired) electrons. The summed E-state index contributed by atoms with van der Waals surface area (Å²) >= 11 is 5.22. The zero-order chi connectivity index (χ0) is 17.8. The molecule has 7 heteroatoms. The van der Waals surface area contributed by atoms with Crippen molar-refractivity contribution < 1.29 is 9.45 Å². The second-order valence-electron chi connectivity index (χ2n) is 5.44. The Morgan fingerprint density at radius 1 is 1.20 bits per heavy atom. The minimum atomic E-state index is -0.425. The van der Waals surface area contributed by atoms with E-state index in [1.165, 1.54) is 0 Å². The molecule has 0 saturated carbocycles. The van der Waals surface area contributed by atoms with Crippen LogP contribution in [0.3, 0.4) is 0 Å². The van der Waals surface area contributed by atoms with Crippen LogP contribution in [-0.2, 0) is 6.42 Å². The summed E-state index contributed by atoms with van der Waals surface area (Å²) in [6.07, 6.45) is 0.374. The van der Waals surface area contributed by atoms with E-state index in [0.29, 0.717) is 17.9 Å². The molecule has 1 aromatic heterocycles. The van der Waals surface area contributed by atoms with Gasteiger partial charge in [0.15, 0.2) is 5.69 Å². The Balaban J connectivity index is 1.97. The van der Waals surface area contributed by atoms with E-state index < -0.39 is 4.92 Å². The number of benzene rings is 2. The second-order valence-corrected chi connectivity index (χ2v) is 7.57. The summed E-state index contributed by atoms with van der Waals surface area (Å²) in [4.78, 5) is 12.0. The van der Waals surface area contributed by atoms with E-state index in [0.717, 1.165) is 14.9 Å². The van der Waals surface area contributed by atoms with Gasteiger partial charge in [-0.15, -0.1) is 11.8 Å². The highest BCUT2D eigenvalue weighted by molar-refractivity contribution is 9.10. The Bertz CT molecular complexity index is 883. The number of aromatic nitrogens is 1. The molecule has 0 bridgehead atoms. The van der Waals surface area contributed by atoms with Crippen molar-refractivity contribution in [2.24, 2.45) is 0 Å². The molecular weight excluding hydrogens is 404 g/mol. The maximum Gasteiger partial charge on any atom is 0.334 e. The molecule has 128 valence electrons. The van der Waals surface area contributed by atoms with Crippen LogP contribution < -0.4 is 0 Å². The van der Waals surface area contributed by atoms with Gasteiger partial charge in [0, 0.05) is 21.0 Å². The normalized spacial score (nSPS) is 12.1. The lowest BCUT2D eigenvalue weighted by atomic mass is 10.1. The molecule has 5 nitrogen and oxygen atoms in total. The lowest BCUT2D eigenvalue weighted by molar-refractivity contribution is -0.386. The van der Waals surface area contributed by atoms with E-state index >= 15 is 0 Å². The largest absolute Gasteiger partial charge is 0.354 e. The van der Waals surface area contributed by atoms with Crippen LogP contribution in [0.5, 0.6) is 0 Å². The van der Waals surface area contributed by atoms with Crippen molar-refractivity contribution in [2.45, 2.75) is 23.5 Å². The molecule has 1 heterocycles. The van der Waals surface area contributed by atoms with Crippen LogP contribution in [0.1, 0.15) is 22.3 Å². The highest BCUT2D eigenvalue weighted by atomic mass is 79.9. The summed E-state index contributed by atoms with van der Waals surface area (Å²) in [6, 6.07) is 17.8. The number of rotatable bonds is 6. The van der Waals surface area contributed by atoms with Crippen LogP contribution in [0.4, 0.5) is 5.69 Å². The molecule has 0 aliphatic heterocycles. The van der Waals surface area contributed by atoms with Gasteiger partial charge in [-0.1, -0.05) is 57.5 Å². The van der Waals surface area contributed by atoms with Gasteiger partial charge >= 0.3 is 5.69 Å². The average molecular weight is 419 g/mol. The first-order valence-corrected chi connectivity index (χ1v) is 9.29. The van der Waals surface area contributed by atoms with Gasteiger partial charge in [-0.05, 0) is 30.7 Å².